The quantitative estimate of drug-likeness (QED) is 0.198. The molecule has 2 unspecified atom stereocenters. The number of nitrogens with zero attached hydrogens (tertiary/aromatic N) is 2. The van der Waals surface area contributed by atoms with Crippen LogP contribution in [0.3, 0.4) is 0 Å². The second-order valence-electron chi connectivity index (χ2n) is 16.2. The number of para-hydroxylation sites is 2. The zero-order valence-electron chi connectivity index (χ0n) is 29.7. The van der Waals surface area contributed by atoms with Crippen LogP contribution in [0.2, 0.25) is 0 Å². The highest BCUT2D eigenvalue weighted by molar-refractivity contribution is 6.07. The first-order valence-corrected chi connectivity index (χ1v) is 17.5. The Morgan fingerprint density at radius 3 is 1.28 bits per heavy atom. The van der Waals surface area contributed by atoms with Crippen molar-refractivity contribution in [3.63, 3.8) is 0 Å². The monoisotopic (exact) mass is 664 g/mol. The molecule has 2 atom stereocenters. The maximum absolute atomic E-state index is 12.7. The summed E-state index contributed by atoms with van der Waals surface area (Å²) in [6.45, 7) is 13.3. The SMILES string of the molecule is CC(C)(C)C1C/C(=C/c2ccc(/C=C3\CC(C(C)(C)C)Cc4c3nc3ccccc3c4C(=O)O)cc2)c2nc3ccccc3c(C(=O)O)c2C1. The highest BCUT2D eigenvalue weighted by Gasteiger charge is 2.36. The number of carbonyl (C=O) groups is 2. The minimum atomic E-state index is -0.915. The second kappa shape index (κ2) is 12.3. The number of carboxylic acids is 2. The number of fused-ring (bicyclic) bond motifs is 4. The Hall–Kier alpha value is -5.10. The zero-order valence-corrected chi connectivity index (χ0v) is 29.7. The molecule has 0 amide bonds. The zero-order chi connectivity index (χ0) is 35.5. The summed E-state index contributed by atoms with van der Waals surface area (Å²) in [7, 11) is 0. The predicted octanol–water partition coefficient (Wildman–Crippen LogP) is 10.5. The minimum Gasteiger partial charge on any atom is -0.478 e. The van der Waals surface area contributed by atoms with Gasteiger partial charge in [-0.05, 0) is 106 Å². The smallest absolute Gasteiger partial charge is 0.336 e. The van der Waals surface area contributed by atoms with Crippen LogP contribution < -0.4 is 0 Å². The van der Waals surface area contributed by atoms with Gasteiger partial charge in [0, 0.05) is 10.8 Å². The number of carboxylic acid groups (broad SMARTS) is 2. The molecule has 0 radical (unpaired) electrons. The van der Waals surface area contributed by atoms with Crippen molar-refractivity contribution >= 4 is 57.0 Å². The number of hydrogen-bond acceptors (Lipinski definition) is 4. The predicted molar refractivity (Wildman–Crippen MR) is 202 cm³/mol. The van der Waals surface area contributed by atoms with Crippen LogP contribution in [0, 0.1) is 22.7 Å². The summed E-state index contributed by atoms with van der Waals surface area (Å²) in [5.74, 6) is -1.32. The van der Waals surface area contributed by atoms with Crippen LogP contribution in [0.15, 0.2) is 72.8 Å². The van der Waals surface area contributed by atoms with E-state index >= 15 is 0 Å². The van der Waals surface area contributed by atoms with Crippen LogP contribution in [0.4, 0.5) is 0 Å². The number of rotatable bonds is 4. The van der Waals surface area contributed by atoms with Gasteiger partial charge in [0.2, 0.25) is 0 Å². The van der Waals surface area contributed by atoms with Crippen LogP contribution in [0.1, 0.15) is 109 Å². The molecule has 0 saturated heterocycles. The molecular formula is C44H44N2O4. The lowest BCUT2D eigenvalue weighted by atomic mass is 9.68. The number of allylic oxidation sites excluding steroid dienone is 2. The van der Waals surface area contributed by atoms with Crippen LogP contribution in [-0.4, -0.2) is 32.1 Å². The summed E-state index contributed by atoms with van der Waals surface area (Å²) < 4.78 is 0. The normalized spacial score (nSPS) is 19.5. The topological polar surface area (TPSA) is 100 Å². The van der Waals surface area contributed by atoms with E-state index < -0.39 is 11.9 Å². The van der Waals surface area contributed by atoms with Crippen molar-refractivity contribution in [3.05, 3.63) is 118 Å². The van der Waals surface area contributed by atoms with Crippen molar-refractivity contribution in [2.75, 3.05) is 0 Å². The summed E-state index contributed by atoms with van der Waals surface area (Å²) in [4.78, 5) is 35.5. The second-order valence-corrected chi connectivity index (χ2v) is 16.2. The highest BCUT2D eigenvalue weighted by atomic mass is 16.4. The van der Waals surface area contributed by atoms with Gasteiger partial charge in [-0.15, -0.1) is 0 Å². The fourth-order valence-corrected chi connectivity index (χ4v) is 7.85. The Balaban J connectivity index is 1.32. The molecule has 2 N–H and O–H groups in total. The van der Waals surface area contributed by atoms with E-state index in [1.807, 2.05) is 48.5 Å². The van der Waals surface area contributed by atoms with Gasteiger partial charge in [-0.3, -0.25) is 0 Å². The van der Waals surface area contributed by atoms with Gasteiger partial charge >= 0.3 is 11.9 Å². The Morgan fingerprint density at radius 1 is 0.580 bits per heavy atom. The van der Waals surface area contributed by atoms with E-state index in [2.05, 4.69) is 78.0 Å². The third kappa shape index (κ3) is 6.12. The molecule has 50 heavy (non-hydrogen) atoms. The lowest BCUT2D eigenvalue weighted by Gasteiger charge is -2.36. The molecule has 0 aliphatic heterocycles. The summed E-state index contributed by atoms with van der Waals surface area (Å²) in [5.41, 5.74) is 9.42. The van der Waals surface area contributed by atoms with E-state index in [4.69, 9.17) is 9.97 Å². The number of aromatic carboxylic acids is 2. The summed E-state index contributed by atoms with van der Waals surface area (Å²) >= 11 is 0. The van der Waals surface area contributed by atoms with Gasteiger partial charge in [0.15, 0.2) is 0 Å². The first-order valence-electron chi connectivity index (χ1n) is 17.5. The van der Waals surface area contributed by atoms with E-state index in [1.54, 1.807) is 0 Å². The minimum absolute atomic E-state index is 0.0185. The summed E-state index contributed by atoms with van der Waals surface area (Å²) in [6.07, 6.45) is 7.30. The molecule has 0 fully saturated rings. The van der Waals surface area contributed by atoms with Gasteiger partial charge in [-0.25, -0.2) is 19.6 Å². The maximum atomic E-state index is 12.7. The average Bonchev–Trinajstić information content (AvgIpc) is 3.06. The standard InChI is InChI=1S/C44H44N2O4/c1-43(2,3)29-21-27(39-33(23-29)37(41(47)48)31-11-7-9-13-35(31)45-39)19-25-15-17-26(18-16-25)20-28-22-30(44(4,5)6)24-34-38(42(49)50)32-12-8-10-14-36(32)46-40(28)34/h7-20,29-30H,21-24H2,1-6H3,(H,47,48)(H,49,50)/b27-19-,28-20+. The third-order valence-corrected chi connectivity index (χ3v) is 10.9. The van der Waals surface area contributed by atoms with Gasteiger partial charge in [0.05, 0.1) is 33.5 Å². The van der Waals surface area contributed by atoms with Gasteiger partial charge in [0.25, 0.3) is 0 Å². The molecule has 0 spiro atoms. The lowest BCUT2D eigenvalue weighted by Crippen LogP contribution is -2.28. The number of pyridine rings is 2. The number of hydrogen-bond donors (Lipinski definition) is 2. The van der Waals surface area contributed by atoms with Crippen molar-refractivity contribution in [1.82, 2.24) is 9.97 Å². The van der Waals surface area contributed by atoms with Crippen LogP contribution in [0.25, 0.3) is 45.1 Å². The Kier molecular flexibility index (Phi) is 8.25. The van der Waals surface area contributed by atoms with E-state index in [-0.39, 0.29) is 22.7 Å². The van der Waals surface area contributed by atoms with Crippen molar-refractivity contribution in [3.8, 4) is 0 Å². The largest absolute Gasteiger partial charge is 0.478 e. The van der Waals surface area contributed by atoms with E-state index in [9.17, 15) is 19.8 Å². The molecule has 5 aromatic rings. The molecule has 7 rings (SSSR count). The van der Waals surface area contributed by atoms with Crippen LogP contribution >= 0.6 is 0 Å². The van der Waals surface area contributed by atoms with Gasteiger partial charge in [-0.2, -0.15) is 0 Å². The van der Waals surface area contributed by atoms with Crippen LogP contribution in [0.5, 0.6) is 0 Å². The number of aromatic nitrogens is 2. The lowest BCUT2D eigenvalue weighted by molar-refractivity contribution is 0.0685. The maximum Gasteiger partial charge on any atom is 0.336 e. The van der Waals surface area contributed by atoms with Crippen molar-refractivity contribution < 1.29 is 19.8 Å². The highest BCUT2D eigenvalue weighted by Crippen LogP contribution is 2.46. The molecule has 0 saturated carbocycles. The van der Waals surface area contributed by atoms with Crippen molar-refractivity contribution in [1.29, 1.82) is 0 Å². The van der Waals surface area contributed by atoms with E-state index in [1.165, 1.54) is 0 Å². The molecule has 2 aliphatic carbocycles. The third-order valence-electron chi connectivity index (χ3n) is 10.9. The fourth-order valence-electron chi connectivity index (χ4n) is 7.85. The van der Waals surface area contributed by atoms with E-state index in [0.29, 0.717) is 45.8 Å². The molecule has 6 nitrogen and oxygen atoms in total. The Morgan fingerprint density at radius 2 is 0.940 bits per heavy atom. The van der Waals surface area contributed by atoms with Gasteiger partial charge in [0.1, 0.15) is 0 Å². The Bertz CT molecular complexity index is 2090. The molecule has 2 aromatic heterocycles. The molecule has 3 aromatic carbocycles. The molecule has 254 valence electrons. The Labute approximate surface area is 293 Å². The summed E-state index contributed by atoms with van der Waals surface area (Å²) in [5, 5.41) is 22.2. The van der Waals surface area contributed by atoms with Crippen molar-refractivity contribution in [2.24, 2.45) is 22.7 Å². The van der Waals surface area contributed by atoms with Gasteiger partial charge in [-0.1, -0.05) is 102 Å². The molecule has 0 bridgehead atoms. The molecular weight excluding hydrogens is 620 g/mol. The average molecular weight is 665 g/mol. The van der Waals surface area contributed by atoms with Gasteiger partial charge < -0.3 is 10.2 Å². The molecule has 6 heteroatoms. The van der Waals surface area contributed by atoms with E-state index in [0.717, 1.165) is 57.6 Å². The molecule has 2 heterocycles. The summed E-state index contributed by atoms with van der Waals surface area (Å²) in [6, 6.07) is 23.4. The first-order chi connectivity index (χ1) is 23.7. The molecule has 2 aliphatic rings. The fraction of sp³-hybridized carbons (Fsp3) is 0.318. The number of benzene rings is 3. The van der Waals surface area contributed by atoms with Crippen LogP contribution in [-0.2, 0) is 12.8 Å². The first kappa shape index (κ1) is 33.4. The van der Waals surface area contributed by atoms with Crippen molar-refractivity contribution in [2.45, 2.75) is 67.2 Å².